The molecule has 5 nitrogen and oxygen atoms in total. The molecule has 0 heterocycles. The van der Waals surface area contributed by atoms with Crippen molar-refractivity contribution in [2.45, 2.75) is 38.1 Å². The molecule has 0 bridgehead atoms. The van der Waals surface area contributed by atoms with Gasteiger partial charge in [0.05, 0.1) is 6.04 Å². The van der Waals surface area contributed by atoms with E-state index in [-0.39, 0.29) is 11.9 Å². The molecule has 1 aliphatic carbocycles. The van der Waals surface area contributed by atoms with Crippen molar-refractivity contribution in [2.24, 2.45) is 11.7 Å². The number of benzene rings is 2. The minimum Gasteiger partial charge on any atom is -0.351 e. The van der Waals surface area contributed by atoms with Crippen LogP contribution in [0.1, 0.15) is 54.1 Å². The molecule has 1 unspecified atom stereocenters. The van der Waals surface area contributed by atoms with E-state index in [0.717, 1.165) is 18.4 Å². The van der Waals surface area contributed by atoms with Gasteiger partial charge in [-0.15, -0.1) is 0 Å². The molecular formula is C21H25N3O2. The topological polar surface area (TPSA) is 84.2 Å². The van der Waals surface area contributed by atoms with Crippen LogP contribution >= 0.6 is 0 Å². The molecule has 1 aliphatic rings. The molecule has 0 saturated heterocycles. The minimum atomic E-state index is -0.646. The lowest BCUT2D eigenvalue weighted by Gasteiger charge is -2.31. The number of rotatable bonds is 5. The third kappa shape index (κ3) is 4.63. The molecule has 1 fully saturated rings. The molecule has 5 heteroatoms. The average molecular weight is 351 g/mol. The van der Waals surface area contributed by atoms with Crippen LogP contribution in [-0.2, 0) is 0 Å². The first kappa shape index (κ1) is 18.0. The van der Waals surface area contributed by atoms with Crippen LogP contribution in [0.15, 0.2) is 54.6 Å². The van der Waals surface area contributed by atoms with Crippen molar-refractivity contribution < 1.29 is 9.59 Å². The van der Waals surface area contributed by atoms with Crippen molar-refractivity contribution in [2.75, 3.05) is 5.32 Å². The van der Waals surface area contributed by atoms with Gasteiger partial charge in [-0.05, 0) is 42.5 Å². The predicted octanol–water partition coefficient (Wildman–Crippen LogP) is 4.23. The van der Waals surface area contributed by atoms with Gasteiger partial charge in [-0.1, -0.05) is 55.7 Å². The predicted molar refractivity (Wildman–Crippen MR) is 103 cm³/mol. The summed E-state index contributed by atoms with van der Waals surface area (Å²) in [6, 6.07) is 16.3. The molecule has 1 saturated carbocycles. The number of nitrogens with two attached hydrogens (primary N) is 1. The second kappa shape index (κ2) is 8.52. The number of amides is 3. The highest BCUT2D eigenvalue weighted by Crippen LogP contribution is 2.34. The maximum Gasteiger partial charge on any atom is 0.316 e. The Kier molecular flexibility index (Phi) is 5.89. The lowest BCUT2D eigenvalue weighted by atomic mass is 9.81. The van der Waals surface area contributed by atoms with Crippen LogP contribution in [0.2, 0.25) is 0 Å². The summed E-state index contributed by atoms with van der Waals surface area (Å²) in [6.07, 6.45) is 5.95. The summed E-state index contributed by atoms with van der Waals surface area (Å²) in [6.45, 7) is 0. The first-order chi connectivity index (χ1) is 12.6. The van der Waals surface area contributed by atoms with Gasteiger partial charge in [0.1, 0.15) is 0 Å². The number of anilines is 1. The number of nitrogens with one attached hydrogen (secondary N) is 2. The van der Waals surface area contributed by atoms with Gasteiger partial charge in [0.25, 0.3) is 5.91 Å². The van der Waals surface area contributed by atoms with E-state index in [4.69, 9.17) is 5.73 Å². The van der Waals surface area contributed by atoms with E-state index >= 15 is 0 Å². The third-order valence-corrected chi connectivity index (χ3v) is 4.96. The minimum absolute atomic E-state index is 0.00300. The summed E-state index contributed by atoms with van der Waals surface area (Å²) < 4.78 is 0. The standard InChI is InChI=1S/C21H25N3O2/c22-21(26)23-18-13-7-12-17(14-18)20(25)24-19(15-8-3-1-4-9-15)16-10-5-2-6-11-16/h1,3-4,7-9,12-14,16,19H,2,5-6,10-11H2,(H,24,25)(H3,22,23,26). The van der Waals surface area contributed by atoms with E-state index in [1.165, 1.54) is 19.3 Å². The van der Waals surface area contributed by atoms with Gasteiger partial charge in [0.15, 0.2) is 0 Å². The van der Waals surface area contributed by atoms with Crippen LogP contribution in [0, 0.1) is 5.92 Å². The zero-order valence-electron chi connectivity index (χ0n) is 14.8. The van der Waals surface area contributed by atoms with Crippen molar-refractivity contribution in [1.82, 2.24) is 5.32 Å². The summed E-state index contributed by atoms with van der Waals surface area (Å²) in [5, 5.41) is 5.72. The van der Waals surface area contributed by atoms with Crippen molar-refractivity contribution in [1.29, 1.82) is 0 Å². The van der Waals surface area contributed by atoms with Crippen molar-refractivity contribution in [3.05, 3.63) is 65.7 Å². The average Bonchev–Trinajstić information content (AvgIpc) is 2.67. The number of carbonyl (C=O) groups is 2. The third-order valence-electron chi connectivity index (χ3n) is 4.96. The zero-order valence-corrected chi connectivity index (χ0v) is 14.8. The maximum atomic E-state index is 12.9. The molecule has 1 atom stereocenters. The van der Waals surface area contributed by atoms with Crippen molar-refractivity contribution in [3.63, 3.8) is 0 Å². The highest BCUT2D eigenvalue weighted by atomic mass is 16.2. The van der Waals surface area contributed by atoms with Gasteiger partial charge >= 0.3 is 6.03 Å². The quantitative estimate of drug-likeness (QED) is 0.753. The summed E-state index contributed by atoms with van der Waals surface area (Å²) >= 11 is 0. The van der Waals surface area contributed by atoms with E-state index in [2.05, 4.69) is 22.8 Å². The molecule has 2 aromatic rings. The fraction of sp³-hybridized carbons (Fsp3) is 0.333. The number of hydrogen-bond acceptors (Lipinski definition) is 2. The SMILES string of the molecule is NC(=O)Nc1cccc(C(=O)NC(c2ccccc2)C2CCCCC2)c1. The molecule has 0 aliphatic heterocycles. The van der Waals surface area contributed by atoms with E-state index in [9.17, 15) is 9.59 Å². The zero-order chi connectivity index (χ0) is 18.4. The first-order valence-corrected chi connectivity index (χ1v) is 9.16. The van der Waals surface area contributed by atoms with Gasteiger partial charge < -0.3 is 16.4 Å². The van der Waals surface area contributed by atoms with Crippen LogP contribution in [0.3, 0.4) is 0 Å². The fourth-order valence-electron chi connectivity index (χ4n) is 3.71. The second-order valence-corrected chi connectivity index (χ2v) is 6.83. The van der Waals surface area contributed by atoms with Crippen molar-refractivity contribution >= 4 is 17.6 Å². The molecule has 26 heavy (non-hydrogen) atoms. The summed E-state index contributed by atoms with van der Waals surface area (Å²) in [5.74, 6) is 0.305. The summed E-state index contributed by atoms with van der Waals surface area (Å²) in [4.78, 5) is 23.9. The number of primary amides is 1. The lowest BCUT2D eigenvalue weighted by Crippen LogP contribution is -2.34. The fourth-order valence-corrected chi connectivity index (χ4v) is 3.71. The van der Waals surface area contributed by atoms with Gasteiger partial charge in [0.2, 0.25) is 0 Å². The van der Waals surface area contributed by atoms with Crippen LogP contribution in [0.4, 0.5) is 10.5 Å². The number of carbonyl (C=O) groups excluding carboxylic acids is 2. The van der Waals surface area contributed by atoms with E-state index in [0.29, 0.717) is 17.2 Å². The Balaban J connectivity index is 1.80. The van der Waals surface area contributed by atoms with Crippen LogP contribution in [0.25, 0.3) is 0 Å². The summed E-state index contributed by atoms with van der Waals surface area (Å²) in [5.41, 5.74) is 7.31. The van der Waals surface area contributed by atoms with Crippen LogP contribution in [0.5, 0.6) is 0 Å². The Morgan fingerprint density at radius 1 is 0.962 bits per heavy atom. The molecule has 0 radical (unpaired) electrons. The van der Waals surface area contributed by atoms with Crippen LogP contribution in [-0.4, -0.2) is 11.9 Å². The first-order valence-electron chi connectivity index (χ1n) is 9.16. The van der Waals surface area contributed by atoms with Gasteiger partial charge in [-0.2, -0.15) is 0 Å². The van der Waals surface area contributed by atoms with Gasteiger partial charge in [0, 0.05) is 11.3 Å². The second-order valence-electron chi connectivity index (χ2n) is 6.83. The Hall–Kier alpha value is -2.82. The Bertz CT molecular complexity index is 755. The Labute approximate surface area is 154 Å². The molecule has 3 rings (SSSR count). The van der Waals surface area contributed by atoms with Gasteiger partial charge in [-0.3, -0.25) is 4.79 Å². The molecule has 0 aromatic heterocycles. The van der Waals surface area contributed by atoms with Crippen LogP contribution < -0.4 is 16.4 Å². The normalized spacial score (nSPS) is 15.8. The van der Waals surface area contributed by atoms with Gasteiger partial charge in [-0.25, -0.2) is 4.79 Å². The summed E-state index contributed by atoms with van der Waals surface area (Å²) in [7, 11) is 0. The molecule has 2 aromatic carbocycles. The maximum absolute atomic E-state index is 12.9. The monoisotopic (exact) mass is 351 g/mol. The Morgan fingerprint density at radius 3 is 2.38 bits per heavy atom. The molecule has 136 valence electrons. The van der Waals surface area contributed by atoms with Crippen molar-refractivity contribution in [3.8, 4) is 0 Å². The highest BCUT2D eigenvalue weighted by molar-refractivity contribution is 5.96. The van der Waals surface area contributed by atoms with E-state index in [1.807, 2.05) is 18.2 Å². The Morgan fingerprint density at radius 2 is 1.69 bits per heavy atom. The smallest absolute Gasteiger partial charge is 0.316 e. The molecule has 3 amide bonds. The molecule has 0 spiro atoms. The van der Waals surface area contributed by atoms with E-state index in [1.54, 1.807) is 24.3 Å². The number of urea groups is 1. The molecular weight excluding hydrogens is 326 g/mol. The number of hydrogen-bond donors (Lipinski definition) is 3. The lowest BCUT2D eigenvalue weighted by molar-refractivity contribution is 0.0912. The van der Waals surface area contributed by atoms with E-state index < -0.39 is 6.03 Å². The largest absolute Gasteiger partial charge is 0.351 e. The highest BCUT2D eigenvalue weighted by Gasteiger charge is 2.26. The molecule has 4 N–H and O–H groups in total.